The summed E-state index contributed by atoms with van der Waals surface area (Å²) in [7, 11) is 1.61. The highest BCUT2D eigenvalue weighted by molar-refractivity contribution is 9.09. The largest absolute Gasteiger partial charge is 0.496 e. The Bertz CT molecular complexity index is 334. The summed E-state index contributed by atoms with van der Waals surface area (Å²) >= 11 is 3.26. The lowest BCUT2D eigenvalue weighted by molar-refractivity contribution is 0.0989. The first kappa shape index (κ1) is 11.2. The molecule has 0 atom stereocenters. The van der Waals surface area contributed by atoms with Crippen LogP contribution < -0.4 is 4.74 Å². The normalized spacial score (nSPS) is 9.93. The number of hydrogen-bond donors (Lipinski definition) is 0. The molecule has 0 amide bonds. The number of methoxy groups -OCH3 is 1. The van der Waals surface area contributed by atoms with Crippen LogP contribution in [0.25, 0.3) is 0 Å². The number of rotatable bonds is 4. The first-order valence-electron chi connectivity index (χ1n) is 4.43. The van der Waals surface area contributed by atoms with E-state index in [4.69, 9.17) is 4.74 Å². The van der Waals surface area contributed by atoms with Crippen LogP contribution >= 0.6 is 15.9 Å². The third kappa shape index (κ3) is 2.35. The molecule has 0 heterocycles. The van der Waals surface area contributed by atoms with Gasteiger partial charge in [0.15, 0.2) is 5.78 Å². The van der Waals surface area contributed by atoms with Gasteiger partial charge in [0.2, 0.25) is 0 Å². The molecule has 1 aromatic rings. The lowest BCUT2D eigenvalue weighted by Crippen LogP contribution is -2.03. The first-order chi connectivity index (χ1) is 6.70. The highest BCUT2D eigenvalue weighted by Crippen LogP contribution is 2.21. The second-order valence-corrected chi connectivity index (χ2v) is 3.79. The molecule has 0 aliphatic rings. The summed E-state index contributed by atoms with van der Waals surface area (Å²) in [6.45, 7) is 1.90. The number of ether oxygens (including phenoxy) is 1. The van der Waals surface area contributed by atoms with Gasteiger partial charge in [0.1, 0.15) is 5.75 Å². The van der Waals surface area contributed by atoms with E-state index in [9.17, 15) is 4.79 Å². The van der Waals surface area contributed by atoms with E-state index in [-0.39, 0.29) is 5.78 Å². The highest BCUT2D eigenvalue weighted by atomic mass is 79.9. The quantitative estimate of drug-likeness (QED) is 0.612. The number of ketones is 1. The van der Waals surface area contributed by atoms with Gasteiger partial charge < -0.3 is 4.74 Å². The van der Waals surface area contributed by atoms with Crippen molar-refractivity contribution in [3.63, 3.8) is 0 Å². The summed E-state index contributed by atoms with van der Waals surface area (Å²) in [5.74, 6) is 0.920. The molecule has 0 saturated carbocycles. The molecule has 0 aliphatic carbocycles. The van der Waals surface area contributed by atoms with E-state index in [0.29, 0.717) is 11.8 Å². The second-order valence-electron chi connectivity index (χ2n) is 2.99. The van der Waals surface area contributed by atoms with Crippen molar-refractivity contribution in [1.29, 1.82) is 0 Å². The maximum Gasteiger partial charge on any atom is 0.164 e. The minimum atomic E-state index is 0.151. The SMILES string of the molecule is COc1cccc(C(=O)CCBr)c1C. The van der Waals surface area contributed by atoms with Gasteiger partial charge in [0.25, 0.3) is 0 Å². The molecule has 0 spiro atoms. The van der Waals surface area contributed by atoms with Crippen LogP contribution in [0.3, 0.4) is 0 Å². The lowest BCUT2D eigenvalue weighted by Gasteiger charge is -2.08. The Kier molecular flexibility index (Phi) is 4.14. The van der Waals surface area contributed by atoms with Gasteiger partial charge in [0, 0.05) is 22.9 Å². The number of hydrogen-bond acceptors (Lipinski definition) is 2. The molecule has 0 aromatic heterocycles. The maximum atomic E-state index is 11.6. The fraction of sp³-hybridized carbons (Fsp3) is 0.364. The van der Waals surface area contributed by atoms with E-state index < -0.39 is 0 Å². The molecule has 0 saturated heterocycles. The zero-order valence-corrected chi connectivity index (χ0v) is 9.93. The summed E-state index contributed by atoms with van der Waals surface area (Å²) in [6, 6.07) is 5.54. The van der Waals surface area contributed by atoms with Gasteiger partial charge in [0.05, 0.1) is 7.11 Å². The standard InChI is InChI=1S/C11H13BrO2/c1-8-9(10(13)6-7-12)4-3-5-11(8)14-2/h3-5H,6-7H2,1-2H3. The fourth-order valence-corrected chi connectivity index (χ4v) is 1.72. The maximum absolute atomic E-state index is 11.6. The monoisotopic (exact) mass is 256 g/mol. The van der Waals surface area contributed by atoms with Crippen LogP contribution in [0.2, 0.25) is 0 Å². The molecule has 14 heavy (non-hydrogen) atoms. The Hall–Kier alpha value is -0.830. The van der Waals surface area contributed by atoms with Crippen LogP contribution in [0.15, 0.2) is 18.2 Å². The molecule has 3 heteroatoms. The molecule has 0 bridgehead atoms. The number of carbonyl (C=O) groups excluding carboxylic acids is 1. The average Bonchev–Trinajstić information content (AvgIpc) is 2.18. The summed E-state index contributed by atoms with van der Waals surface area (Å²) in [5.41, 5.74) is 1.67. The summed E-state index contributed by atoms with van der Waals surface area (Å²) in [6.07, 6.45) is 0.522. The molecule has 1 aromatic carbocycles. The van der Waals surface area contributed by atoms with Crippen LogP contribution in [0.5, 0.6) is 5.75 Å². The van der Waals surface area contributed by atoms with E-state index in [1.54, 1.807) is 7.11 Å². The van der Waals surface area contributed by atoms with Crippen LogP contribution in [0.4, 0.5) is 0 Å². The smallest absolute Gasteiger partial charge is 0.164 e. The number of Topliss-reactive ketones (excluding diaryl/α,β-unsaturated/α-hetero) is 1. The Morgan fingerprint density at radius 2 is 2.21 bits per heavy atom. The Morgan fingerprint density at radius 1 is 1.50 bits per heavy atom. The molecule has 0 radical (unpaired) electrons. The second kappa shape index (κ2) is 5.15. The van der Waals surface area contributed by atoms with Crippen molar-refractivity contribution in [3.05, 3.63) is 29.3 Å². The Balaban J connectivity index is 3.03. The van der Waals surface area contributed by atoms with Crippen LogP contribution in [0.1, 0.15) is 22.3 Å². The topological polar surface area (TPSA) is 26.3 Å². The Morgan fingerprint density at radius 3 is 2.79 bits per heavy atom. The lowest BCUT2D eigenvalue weighted by atomic mass is 10.0. The molecule has 0 unspecified atom stereocenters. The van der Waals surface area contributed by atoms with Crippen molar-refractivity contribution in [2.24, 2.45) is 0 Å². The van der Waals surface area contributed by atoms with Gasteiger partial charge in [-0.05, 0) is 13.0 Å². The van der Waals surface area contributed by atoms with E-state index in [1.165, 1.54) is 0 Å². The number of halogens is 1. The molecule has 0 aliphatic heterocycles. The summed E-state index contributed by atoms with van der Waals surface area (Å²) in [5, 5.41) is 0.697. The minimum absolute atomic E-state index is 0.151. The minimum Gasteiger partial charge on any atom is -0.496 e. The zero-order valence-electron chi connectivity index (χ0n) is 8.34. The Labute approximate surface area is 92.4 Å². The number of alkyl halides is 1. The summed E-state index contributed by atoms with van der Waals surface area (Å²) < 4.78 is 5.15. The number of benzene rings is 1. The van der Waals surface area contributed by atoms with Crippen LogP contribution in [-0.4, -0.2) is 18.2 Å². The van der Waals surface area contributed by atoms with Crippen molar-refractivity contribution in [1.82, 2.24) is 0 Å². The van der Waals surface area contributed by atoms with Crippen molar-refractivity contribution < 1.29 is 9.53 Å². The molecule has 1 rings (SSSR count). The first-order valence-corrected chi connectivity index (χ1v) is 5.55. The molecule has 0 fully saturated rings. The van der Waals surface area contributed by atoms with E-state index in [2.05, 4.69) is 15.9 Å². The van der Waals surface area contributed by atoms with Crippen molar-refractivity contribution in [2.75, 3.05) is 12.4 Å². The van der Waals surface area contributed by atoms with Crippen molar-refractivity contribution in [2.45, 2.75) is 13.3 Å². The van der Waals surface area contributed by atoms with Gasteiger partial charge in [-0.25, -0.2) is 0 Å². The van der Waals surface area contributed by atoms with E-state index >= 15 is 0 Å². The van der Waals surface area contributed by atoms with Gasteiger partial charge in [-0.3, -0.25) is 4.79 Å². The highest BCUT2D eigenvalue weighted by Gasteiger charge is 2.10. The molecular formula is C11H13BrO2. The third-order valence-corrected chi connectivity index (χ3v) is 2.52. The van der Waals surface area contributed by atoms with E-state index in [1.807, 2.05) is 25.1 Å². The zero-order chi connectivity index (χ0) is 10.6. The number of carbonyl (C=O) groups is 1. The van der Waals surface area contributed by atoms with Crippen molar-refractivity contribution in [3.8, 4) is 5.75 Å². The predicted octanol–water partition coefficient (Wildman–Crippen LogP) is 2.97. The molecule has 0 N–H and O–H groups in total. The summed E-state index contributed by atoms with van der Waals surface area (Å²) in [4.78, 5) is 11.6. The third-order valence-electron chi connectivity index (χ3n) is 2.13. The van der Waals surface area contributed by atoms with Crippen molar-refractivity contribution >= 4 is 21.7 Å². The molecule has 2 nitrogen and oxygen atoms in total. The average molecular weight is 257 g/mol. The van der Waals surface area contributed by atoms with Crippen LogP contribution in [-0.2, 0) is 0 Å². The van der Waals surface area contributed by atoms with E-state index in [0.717, 1.165) is 16.9 Å². The fourth-order valence-electron chi connectivity index (χ4n) is 1.36. The van der Waals surface area contributed by atoms with Gasteiger partial charge in [-0.2, -0.15) is 0 Å². The van der Waals surface area contributed by atoms with Gasteiger partial charge in [-0.15, -0.1) is 0 Å². The van der Waals surface area contributed by atoms with Gasteiger partial charge >= 0.3 is 0 Å². The predicted molar refractivity (Wildman–Crippen MR) is 60.5 cm³/mol. The molecule has 76 valence electrons. The molecular weight excluding hydrogens is 244 g/mol. The van der Waals surface area contributed by atoms with Gasteiger partial charge in [-0.1, -0.05) is 28.1 Å². The van der Waals surface area contributed by atoms with Crippen LogP contribution in [0, 0.1) is 6.92 Å².